The smallest absolute Gasteiger partial charge is 0.251 e. The van der Waals surface area contributed by atoms with Gasteiger partial charge >= 0.3 is 0 Å². The van der Waals surface area contributed by atoms with Crippen LogP contribution in [-0.2, 0) is 12.5 Å². The molecule has 0 fully saturated rings. The lowest BCUT2D eigenvalue weighted by Gasteiger charge is -2.19. The van der Waals surface area contributed by atoms with Crippen LogP contribution in [0.2, 0.25) is 0 Å². The Labute approximate surface area is 138 Å². The van der Waals surface area contributed by atoms with Crippen LogP contribution in [0.4, 0.5) is 0 Å². The fourth-order valence-electron chi connectivity index (χ4n) is 2.89. The van der Waals surface area contributed by atoms with E-state index in [4.69, 9.17) is 0 Å². The third-order valence-corrected chi connectivity index (χ3v) is 4.36. The molecule has 0 bridgehead atoms. The minimum Gasteiger partial charge on any atom is -0.345 e. The van der Waals surface area contributed by atoms with Gasteiger partial charge in [0.2, 0.25) is 0 Å². The Hall–Kier alpha value is -2.10. The van der Waals surface area contributed by atoms with Crippen LogP contribution in [-0.4, -0.2) is 15.7 Å². The molecule has 1 aromatic heterocycles. The molecule has 1 amide bonds. The first-order chi connectivity index (χ1) is 10.6. The van der Waals surface area contributed by atoms with Crippen LogP contribution < -0.4 is 5.32 Å². The van der Waals surface area contributed by atoms with Crippen LogP contribution >= 0.6 is 0 Å². The van der Waals surface area contributed by atoms with Crippen molar-refractivity contribution in [3.63, 3.8) is 0 Å². The number of hydrogen-bond donors (Lipinski definition) is 1. The van der Waals surface area contributed by atoms with Gasteiger partial charge in [0.1, 0.15) is 0 Å². The summed E-state index contributed by atoms with van der Waals surface area (Å²) >= 11 is 0. The zero-order valence-electron chi connectivity index (χ0n) is 15.2. The molecule has 0 aliphatic heterocycles. The van der Waals surface area contributed by atoms with Gasteiger partial charge in [0.15, 0.2) is 0 Å². The van der Waals surface area contributed by atoms with Crippen LogP contribution in [0.3, 0.4) is 0 Å². The van der Waals surface area contributed by atoms with Crippen molar-refractivity contribution < 1.29 is 4.79 Å². The fraction of sp³-hybridized carbons (Fsp3) is 0.474. The molecule has 1 N–H and O–H groups in total. The molecule has 0 aliphatic carbocycles. The topological polar surface area (TPSA) is 46.9 Å². The Morgan fingerprint density at radius 3 is 2.17 bits per heavy atom. The van der Waals surface area contributed by atoms with Gasteiger partial charge in [0, 0.05) is 23.9 Å². The summed E-state index contributed by atoms with van der Waals surface area (Å²) in [5.74, 6) is -0.0550. The molecule has 0 saturated carbocycles. The van der Waals surface area contributed by atoms with Crippen molar-refractivity contribution in [1.82, 2.24) is 15.1 Å². The van der Waals surface area contributed by atoms with E-state index < -0.39 is 0 Å². The first-order valence-electron chi connectivity index (χ1n) is 8.02. The summed E-state index contributed by atoms with van der Waals surface area (Å²) in [6.07, 6.45) is 0. The van der Waals surface area contributed by atoms with Crippen molar-refractivity contribution in [2.75, 3.05) is 0 Å². The van der Waals surface area contributed by atoms with Gasteiger partial charge in [-0.1, -0.05) is 32.9 Å². The van der Waals surface area contributed by atoms with Crippen molar-refractivity contribution >= 4 is 5.91 Å². The minimum absolute atomic E-state index is 0.0550. The van der Waals surface area contributed by atoms with Crippen molar-refractivity contribution in [2.24, 2.45) is 7.05 Å². The molecule has 23 heavy (non-hydrogen) atoms. The molecular formula is C19H27N3O. The number of hydrogen-bond acceptors (Lipinski definition) is 2. The second-order valence-corrected chi connectivity index (χ2v) is 7.23. The maximum atomic E-state index is 12.5. The van der Waals surface area contributed by atoms with Crippen LogP contribution in [0.15, 0.2) is 24.3 Å². The number of aryl methyl sites for hydroxylation is 2. The highest BCUT2D eigenvalue weighted by Gasteiger charge is 2.19. The molecule has 0 radical (unpaired) electrons. The van der Waals surface area contributed by atoms with Crippen LogP contribution in [0.25, 0.3) is 0 Å². The van der Waals surface area contributed by atoms with Gasteiger partial charge in [-0.2, -0.15) is 5.10 Å². The van der Waals surface area contributed by atoms with Crippen LogP contribution in [0.1, 0.15) is 66.6 Å². The second kappa shape index (κ2) is 6.19. The maximum Gasteiger partial charge on any atom is 0.251 e. The summed E-state index contributed by atoms with van der Waals surface area (Å²) < 4.78 is 1.85. The fourth-order valence-corrected chi connectivity index (χ4v) is 2.89. The Bertz CT molecular complexity index is 705. The van der Waals surface area contributed by atoms with Crippen molar-refractivity contribution in [3.05, 3.63) is 52.3 Å². The SMILES string of the molecule is Cc1nn(C)c(C)c1[C@@H](C)NC(=O)c1ccc(C(C)(C)C)cc1. The number of amides is 1. The number of aromatic nitrogens is 2. The van der Waals surface area contributed by atoms with Crippen molar-refractivity contribution in [2.45, 2.75) is 53.0 Å². The van der Waals surface area contributed by atoms with E-state index in [9.17, 15) is 4.79 Å². The van der Waals surface area contributed by atoms with E-state index in [0.717, 1.165) is 17.0 Å². The lowest BCUT2D eigenvalue weighted by Crippen LogP contribution is -2.27. The van der Waals surface area contributed by atoms with Crippen molar-refractivity contribution in [1.29, 1.82) is 0 Å². The molecule has 1 atom stereocenters. The monoisotopic (exact) mass is 313 g/mol. The number of benzene rings is 1. The van der Waals surface area contributed by atoms with Crippen LogP contribution in [0.5, 0.6) is 0 Å². The Morgan fingerprint density at radius 1 is 1.17 bits per heavy atom. The third-order valence-electron chi connectivity index (χ3n) is 4.36. The molecule has 0 unspecified atom stereocenters. The van der Waals surface area contributed by atoms with Crippen LogP contribution in [0, 0.1) is 13.8 Å². The average Bonchev–Trinajstić information content (AvgIpc) is 2.71. The molecule has 0 aliphatic rings. The first-order valence-corrected chi connectivity index (χ1v) is 8.02. The zero-order chi connectivity index (χ0) is 17.4. The molecule has 2 aromatic rings. The first kappa shape index (κ1) is 17.3. The van der Waals surface area contributed by atoms with E-state index in [2.05, 4.69) is 31.2 Å². The molecule has 0 saturated heterocycles. The Morgan fingerprint density at radius 2 is 1.74 bits per heavy atom. The number of rotatable bonds is 3. The average molecular weight is 313 g/mol. The maximum absolute atomic E-state index is 12.5. The molecule has 124 valence electrons. The highest BCUT2D eigenvalue weighted by molar-refractivity contribution is 5.94. The highest BCUT2D eigenvalue weighted by Crippen LogP contribution is 2.23. The van der Waals surface area contributed by atoms with Gasteiger partial charge in [-0.25, -0.2) is 0 Å². The molecule has 1 heterocycles. The summed E-state index contributed by atoms with van der Waals surface area (Å²) in [4.78, 5) is 12.5. The molecule has 4 nitrogen and oxygen atoms in total. The normalized spacial score (nSPS) is 13.0. The van der Waals surface area contributed by atoms with Gasteiger partial charge in [-0.15, -0.1) is 0 Å². The lowest BCUT2D eigenvalue weighted by atomic mass is 9.86. The quantitative estimate of drug-likeness (QED) is 0.936. The summed E-state index contributed by atoms with van der Waals surface area (Å²) in [7, 11) is 1.92. The second-order valence-electron chi connectivity index (χ2n) is 7.23. The molecule has 2 rings (SSSR count). The number of carbonyl (C=O) groups is 1. The lowest BCUT2D eigenvalue weighted by molar-refractivity contribution is 0.0939. The van der Waals surface area contributed by atoms with E-state index in [1.54, 1.807) is 0 Å². The van der Waals surface area contributed by atoms with Gasteiger partial charge in [0.25, 0.3) is 5.91 Å². The van der Waals surface area contributed by atoms with E-state index in [0.29, 0.717) is 5.56 Å². The predicted molar refractivity (Wildman–Crippen MR) is 93.7 cm³/mol. The molecule has 1 aromatic carbocycles. The highest BCUT2D eigenvalue weighted by atomic mass is 16.1. The zero-order valence-corrected chi connectivity index (χ0v) is 15.2. The third kappa shape index (κ3) is 3.63. The number of nitrogens with zero attached hydrogens (tertiary/aromatic N) is 2. The Balaban J connectivity index is 2.15. The number of nitrogens with one attached hydrogen (secondary N) is 1. The minimum atomic E-state index is -0.0708. The van der Waals surface area contributed by atoms with Gasteiger partial charge in [-0.3, -0.25) is 9.48 Å². The molecule has 4 heteroatoms. The standard InChI is InChI=1S/C19H27N3O/c1-12(17-13(2)21-22(7)14(17)3)20-18(23)15-8-10-16(11-9-15)19(4,5)6/h8-12H,1-7H3,(H,20,23)/t12-/m1/s1. The summed E-state index contributed by atoms with van der Waals surface area (Å²) in [6.45, 7) is 12.5. The van der Waals surface area contributed by atoms with E-state index in [1.165, 1.54) is 5.56 Å². The van der Waals surface area contributed by atoms with Crippen molar-refractivity contribution in [3.8, 4) is 0 Å². The Kier molecular flexibility index (Phi) is 4.64. The summed E-state index contributed by atoms with van der Waals surface area (Å²) in [6, 6.07) is 7.77. The van der Waals surface area contributed by atoms with E-state index in [1.807, 2.05) is 56.8 Å². The molecular weight excluding hydrogens is 286 g/mol. The molecule has 0 spiro atoms. The van der Waals surface area contributed by atoms with Gasteiger partial charge < -0.3 is 5.32 Å². The number of carbonyl (C=O) groups excluding carboxylic acids is 1. The summed E-state index contributed by atoms with van der Waals surface area (Å²) in [5, 5.41) is 7.49. The summed E-state index contributed by atoms with van der Waals surface area (Å²) in [5.41, 5.74) is 5.13. The van der Waals surface area contributed by atoms with Gasteiger partial charge in [-0.05, 0) is 43.9 Å². The van der Waals surface area contributed by atoms with Gasteiger partial charge in [0.05, 0.1) is 11.7 Å². The van der Waals surface area contributed by atoms with E-state index >= 15 is 0 Å². The largest absolute Gasteiger partial charge is 0.345 e. The van der Waals surface area contributed by atoms with E-state index in [-0.39, 0.29) is 17.4 Å². The predicted octanol–water partition coefficient (Wildman–Crippen LogP) is 3.83.